The van der Waals surface area contributed by atoms with Crippen molar-refractivity contribution in [3.63, 3.8) is 0 Å². The number of carbonyl (C=O) groups is 3. The number of unbranched alkanes of at least 4 members (excludes halogenated alkanes) is 2. The van der Waals surface area contributed by atoms with Crippen LogP contribution < -0.4 is 15.7 Å². The summed E-state index contributed by atoms with van der Waals surface area (Å²) in [5.74, 6) is -0.532. The largest absolute Gasteiger partial charge is 0.444 e. The van der Waals surface area contributed by atoms with Gasteiger partial charge < -0.3 is 15.0 Å². The monoisotopic (exact) mass is 522 g/mol. The van der Waals surface area contributed by atoms with E-state index in [4.69, 9.17) is 14.9 Å². The molecule has 0 saturated carbocycles. The van der Waals surface area contributed by atoms with Crippen LogP contribution in [-0.2, 0) is 14.3 Å². The van der Waals surface area contributed by atoms with Gasteiger partial charge in [-0.15, -0.1) is 0 Å². The Morgan fingerprint density at radius 3 is 2.42 bits per heavy atom. The summed E-state index contributed by atoms with van der Waals surface area (Å²) in [5, 5.41) is 11.5. The number of alkyl carbamates (subject to hydrolysis) is 1. The fraction of sp³-hybridized carbons (Fsp3) is 0.448. The fourth-order valence-electron chi connectivity index (χ4n) is 4.31. The lowest BCUT2D eigenvalue weighted by Gasteiger charge is -2.25. The third-order valence-electron chi connectivity index (χ3n) is 6.07. The van der Waals surface area contributed by atoms with Crippen LogP contribution in [0.3, 0.4) is 0 Å². The molecule has 0 saturated heterocycles. The van der Waals surface area contributed by atoms with E-state index in [0.717, 1.165) is 22.5 Å². The molecule has 38 heavy (non-hydrogen) atoms. The van der Waals surface area contributed by atoms with Gasteiger partial charge in [0.25, 0.3) is 5.91 Å². The standard InChI is InChI=1S/C29H38N4O5/c1-29(2,3)38-28(36)30-19-11-9-16-23-27(35)33(20-12-10-18-25(34)32-37)24-17-8-7-15-22(24)26(31-23)21-13-5-4-6-14-21/h4-8,13-15,17,23,37H,9-12,16,18-20H2,1-3H3,(H,30,36)(H,32,34)/t23-/m0/s1. The molecule has 0 unspecified atom stereocenters. The molecule has 0 radical (unpaired) electrons. The first-order valence-electron chi connectivity index (χ1n) is 13.1. The maximum absolute atomic E-state index is 13.8. The van der Waals surface area contributed by atoms with Crippen LogP contribution in [0.2, 0.25) is 0 Å². The van der Waals surface area contributed by atoms with Gasteiger partial charge >= 0.3 is 6.09 Å². The third kappa shape index (κ3) is 8.41. The first-order chi connectivity index (χ1) is 18.2. The van der Waals surface area contributed by atoms with Crippen molar-refractivity contribution in [1.29, 1.82) is 0 Å². The number of benzodiazepines with no additional fused rings is 1. The molecule has 9 heteroatoms. The SMILES string of the molecule is CC(C)(C)OC(=O)NCCCC[C@@H]1N=C(c2ccccc2)c2ccccc2N(CCCCC(=O)NO)C1=O. The van der Waals surface area contributed by atoms with Crippen LogP contribution >= 0.6 is 0 Å². The Labute approximate surface area is 224 Å². The maximum Gasteiger partial charge on any atom is 0.407 e. The molecule has 1 aliphatic rings. The normalized spacial score (nSPS) is 15.3. The molecule has 3 amide bonds. The lowest BCUT2D eigenvalue weighted by atomic mass is 10.00. The van der Waals surface area contributed by atoms with Gasteiger partial charge in [-0.2, -0.15) is 0 Å². The highest BCUT2D eigenvalue weighted by Gasteiger charge is 2.31. The zero-order chi connectivity index (χ0) is 27.5. The van der Waals surface area contributed by atoms with Gasteiger partial charge in [-0.25, -0.2) is 10.3 Å². The minimum absolute atomic E-state index is 0.0879. The summed E-state index contributed by atoms with van der Waals surface area (Å²) in [6, 6.07) is 17.0. The smallest absolute Gasteiger partial charge is 0.407 e. The van der Waals surface area contributed by atoms with E-state index >= 15 is 0 Å². The van der Waals surface area contributed by atoms with Gasteiger partial charge in [-0.1, -0.05) is 48.5 Å². The average molecular weight is 523 g/mol. The first kappa shape index (κ1) is 28.8. The number of nitrogens with one attached hydrogen (secondary N) is 2. The van der Waals surface area contributed by atoms with Gasteiger partial charge in [-0.3, -0.25) is 19.8 Å². The van der Waals surface area contributed by atoms with Gasteiger partial charge in [0.2, 0.25) is 5.91 Å². The van der Waals surface area contributed by atoms with E-state index in [9.17, 15) is 14.4 Å². The van der Waals surface area contributed by atoms with E-state index < -0.39 is 23.6 Å². The Hall–Kier alpha value is -3.72. The van der Waals surface area contributed by atoms with Crippen LogP contribution in [0.1, 0.15) is 70.4 Å². The van der Waals surface area contributed by atoms with Crippen LogP contribution in [0.15, 0.2) is 59.6 Å². The number of benzene rings is 2. The highest BCUT2D eigenvalue weighted by molar-refractivity contribution is 6.20. The number of amides is 3. The molecular formula is C29H38N4O5. The topological polar surface area (TPSA) is 120 Å². The molecule has 2 aromatic rings. The van der Waals surface area contributed by atoms with E-state index in [1.165, 1.54) is 0 Å². The van der Waals surface area contributed by atoms with Crippen molar-refractivity contribution < 1.29 is 24.3 Å². The molecule has 3 rings (SSSR count). The number of anilines is 1. The zero-order valence-electron chi connectivity index (χ0n) is 22.4. The van der Waals surface area contributed by atoms with Crippen molar-refractivity contribution in [2.45, 2.75) is 70.9 Å². The maximum atomic E-state index is 13.8. The summed E-state index contributed by atoms with van der Waals surface area (Å²) >= 11 is 0. The van der Waals surface area contributed by atoms with Crippen LogP contribution in [0, 0.1) is 0 Å². The highest BCUT2D eigenvalue weighted by atomic mass is 16.6. The second-order valence-electron chi connectivity index (χ2n) is 10.3. The summed E-state index contributed by atoms with van der Waals surface area (Å²) in [6.45, 7) is 6.33. The molecule has 9 nitrogen and oxygen atoms in total. The average Bonchev–Trinajstić information content (AvgIpc) is 3.00. The van der Waals surface area contributed by atoms with Gasteiger partial charge in [0.1, 0.15) is 11.6 Å². The third-order valence-corrected chi connectivity index (χ3v) is 6.07. The zero-order valence-corrected chi connectivity index (χ0v) is 22.4. The Morgan fingerprint density at radius 2 is 1.71 bits per heavy atom. The molecule has 0 aliphatic carbocycles. The van der Waals surface area contributed by atoms with Crippen molar-refractivity contribution in [2.24, 2.45) is 4.99 Å². The number of rotatable bonds is 11. The van der Waals surface area contributed by atoms with E-state index in [-0.39, 0.29) is 12.3 Å². The minimum atomic E-state index is -0.583. The molecular weight excluding hydrogens is 484 g/mol. The number of carbonyl (C=O) groups excluding carboxylic acids is 3. The lowest BCUT2D eigenvalue weighted by Crippen LogP contribution is -2.39. The molecule has 0 bridgehead atoms. The summed E-state index contributed by atoms with van der Waals surface area (Å²) in [5.41, 5.74) is 4.48. The molecule has 0 aromatic heterocycles. The fourth-order valence-corrected chi connectivity index (χ4v) is 4.31. The van der Waals surface area contributed by atoms with Crippen LogP contribution in [0.4, 0.5) is 10.5 Å². The first-order valence-corrected chi connectivity index (χ1v) is 13.1. The summed E-state index contributed by atoms with van der Waals surface area (Å²) in [7, 11) is 0. The van der Waals surface area contributed by atoms with Crippen LogP contribution in [0.5, 0.6) is 0 Å². The quantitative estimate of drug-likeness (QED) is 0.226. The van der Waals surface area contributed by atoms with Gasteiger partial charge in [0, 0.05) is 30.6 Å². The Kier molecular flexibility index (Phi) is 10.4. The Morgan fingerprint density at radius 1 is 1.00 bits per heavy atom. The second-order valence-corrected chi connectivity index (χ2v) is 10.3. The number of hydrogen-bond acceptors (Lipinski definition) is 6. The predicted molar refractivity (Wildman–Crippen MR) is 147 cm³/mol. The molecule has 1 atom stereocenters. The van der Waals surface area contributed by atoms with Crippen molar-refractivity contribution in [2.75, 3.05) is 18.0 Å². The van der Waals surface area contributed by atoms with Crippen molar-refractivity contribution >= 4 is 29.3 Å². The number of fused-ring (bicyclic) bond motifs is 1. The molecule has 0 fully saturated rings. The van der Waals surface area contributed by atoms with E-state index in [2.05, 4.69) is 5.32 Å². The number of hydrogen-bond donors (Lipinski definition) is 3. The predicted octanol–water partition coefficient (Wildman–Crippen LogP) is 4.61. The van der Waals surface area contributed by atoms with E-state index in [1.807, 2.05) is 75.4 Å². The highest BCUT2D eigenvalue weighted by Crippen LogP contribution is 2.30. The van der Waals surface area contributed by atoms with Gasteiger partial charge in [-0.05, 0) is 58.9 Å². The van der Waals surface area contributed by atoms with E-state index in [1.54, 1.807) is 10.4 Å². The Balaban J connectivity index is 1.77. The Bertz CT molecular complexity index is 1130. The number of hydroxylamine groups is 1. The summed E-state index contributed by atoms with van der Waals surface area (Å²) < 4.78 is 5.28. The van der Waals surface area contributed by atoms with Gasteiger partial charge in [0.15, 0.2) is 0 Å². The van der Waals surface area contributed by atoms with Crippen molar-refractivity contribution in [3.05, 3.63) is 65.7 Å². The number of ether oxygens (including phenoxy) is 1. The number of aliphatic imine (C=N–C) groups is 1. The molecule has 1 aliphatic heterocycles. The second kappa shape index (κ2) is 13.7. The minimum Gasteiger partial charge on any atom is -0.444 e. The molecule has 3 N–H and O–H groups in total. The summed E-state index contributed by atoms with van der Waals surface area (Å²) in [6.07, 6.45) is 2.76. The molecule has 1 heterocycles. The van der Waals surface area contributed by atoms with Crippen molar-refractivity contribution in [3.8, 4) is 0 Å². The van der Waals surface area contributed by atoms with Crippen LogP contribution in [0.25, 0.3) is 0 Å². The molecule has 2 aromatic carbocycles. The number of para-hydroxylation sites is 1. The van der Waals surface area contributed by atoms with Crippen molar-refractivity contribution in [1.82, 2.24) is 10.8 Å². The lowest BCUT2D eigenvalue weighted by molar-refractivity contribution is -0.129. The van der Waals surface area contributed by atoms with E-state index in [0.29, 0.717) is 45.2 Å². The van der Waals surface area contributed by atoms with Crippen LogP contribution in [-0.4, -0.2) is 53.6 Å². The number of nitrogens with zero attached hydrogens (tertiary/aromatic N) is 2. The molecule has 0 spiro atoms. The summed E-state index contributed by atoms with van der Waals surface area (Å²) in [4.78, 5) is 43.9. The molecule has 204 valence electrons. The van der Waals surface area contributed by atoms with Gasteiger partial charge in [0.05, 0.1) is 11.4 Å².